The third-order valence-corrected chi connectivity index (χ3v) is 4.87. The van der Waals surface area contributed by atoms with Crippen LogP contribution in [0.3, 0.4) is 0 Å². The molecule has 1 N–H and O–H groups in total. The van der Waals surface area contributed by atoms with E-state index >= 15 is 0 Å². The number of nitrogens with one attached hydrogen (secondary N) is 1. The number of Topliss-reactive ketones (excluding diaryl/α,β-unsaturated/α-hetero) is 1. The second-order valence-corrected chi connectivity index (χ2v) is 6.40. The molecule has 21 heavy (non-hydrogen) atoms. The van der Waals surface area contributed by atoms with Gasteiger partial charge >= 0.3 is 0 Å². The van der Waals surface area contributed by atoms with E-state index in [2.05, 4.69) is 23.7 Å². The first-order chi connectivity index (χ1) is 10.1. The van der Waals surface area contributed by atoms with Crippen molar-refractivity contribution in [1.82, 2.24) is 9.88 Å². The van der Waals surface area contributed by atoms with Gasteiger partial charge in [0.1, 0.15) is 0 Å². The Morgan fingerprint density at radius 2 is 1.90 bits per heavy atom. The molecule has 1 aliphatic rings. The molecule has 3 rings (SSSR count). The highest BCUT2D eigenvalue weighted by atomic mass is 16.1. The fraction of sp³-hybridized carbons (Fsp3) is 0.500. The number of aromatic nitrogens is 1. The van der Waals surface area contributed by atoms with Crippen molar-refractivity contribution in [1.29, 1.82) is 0 Å². The maximum atomic E-state index is 12.8. The summed E-state index contributed by atoms with van der Waals surface area (Å²) in [5.74, 6) is 0.241. The lowest BCUT2D eigenvalue weighted by atomic mass is 9.96. The minimum absolute atomic E-state index is 0.241. The van der Waals surface area contributed by atoms with E-state index in [1.54, 1.807) is 0 Å². The molecule has 0 bridgehead atoms. The van der Waals surface area contributed by atoms with Crippen LogP contribution in [0.5, 0.6) is 0 Å². The van der Waals surface area contributed by atoms with Crippen molar-refractivity contribution in [3.05, 3.63) is 35.5 Å². The molecule has 3 heteroatoms. The van der Waals surface area contributed by atoms with Crippen LogP contribution < -0.4 is 0 Å². The van der Waals surface area contributed by atoms with E-state index in [-0.39, 0.29) is 5.78 Å². The maximum absolute atomic E-state index is 12.8. The average molecular weight is 284 g/mol. The van der Waals surface area contributed by atoms with Gasteiger partial charge in [0, 0.05) is 34.2 Å². The quantitative estimate of drug-likeness (QED) is 0.867. The normalized spacial score (nSPS) is 23.6. The van der Waals surface area contributed by atoms with Gasteiger partial charge in [0.25, 0.3) is 0 Å². The number of benzene rings is 1. The third-order valence-electron chi connectivity index (χ3n) is 4.87. The zero-order valence-electron chi connectivity index (χ0n) is 13.1. The van der Waals surface area contributed by atoms with E-state index in [0.29, 0.717) is 18.6 Å². The summed E-state index contributed by atoms with van der Waals surface area (Å²) in [5, 5.41) is 1.05. The first kappa shape index (κ1) is 14.3. The second kappa shape index (κ2) is 5.64. The number of rotatable bonds is 3. The number of hydrogen-bond donors (Lipinski definition) is 1. The zero-order valence-corrected chi connectivity index (χ0v) is 13.1. The Morgan fingerprint density at radius 1 is 1.24 bits per heavy atom. The van der Waals surface area contributed by atoms with Gasteiger partial charge in [-0.25, -0.2) is 0 Å². The summed E-state index contributed by atoms with van der Waals surface area (Å²) >= 11 is 0. The number of fused-ring (bicyclic) bond motifs is 1. The first-order valence-electron chi connectivity index (χ1n) is 7.94. The largest absolute Gasteiger partial charge is 0.358 e. The maximum Gasteiger partial charge on any atom is 0.179 e. The van der Waals surface area contributed by atoms with Gasteiger partial charge in [-0.3, -0.25) is 9.69 Å². The van der Waals surface area contributed by atoms with Crippen LogP contribution in [0.2, 0.25) is 0 Å². The average Bonchev–Trinajstić information content (AvgIpc) is 2.78. The Morgan fingerprint density at radius 3 is 2.62 bits per heavy atom. The minimum Gasteiger partial charge on any atom is -0.358 e. The van der Waals surface area contributed by atoms with Crippen molar-refractivity contribution in [2.45, 2.75) is 52.1 Å². The van der Waals surface area contributed by atoms with Crippen LogP contribution in [-0.4, -0.2) is 34.3 Å². The van der Waals surface area contributed by atoms with Gasteiger partial charge in [-0.05, 0) is 39.7 Å². The molecule has 0 radical (unpaired) electrons. The number of aromatic amines is 1. The fourth-order valence-corrected chi connectivity index (χ4v) is 3.67. The fourth-order valence-electron chi connectivity index (χ4n) is 3.67. The molecule has 0 unspecified atom stereocenters. The van der Waals surface area contributed by atoms with Gasteiger partial charge in [-0.15, -0.1) is 0 Å². The minimum atomic E-state index is 0.241. The van der Waals surface area contributed by atoms with Crippen LogP contribution in [0, 0.1) is 6.92 Å². The highest BCUT2D eigenvalue weighted by Crippen LogP contribution is 2.26. The van der Waals surface area contributed by atoms with Crippen molar-refractivity contribution in [2.24, 2.45) is 0 Å². The molecule has 1 saturated heterocycles. The van der Waals surface area contributed by atoms with Crippen molar-refractivity contribution in [3.8, 4) is 0 Å². The molecule has 2 aromatic rings. The number of piperidine rings is 1. The standard InChI is InChI=1S/C18H24N2O/c1-12-7-6-8-13(2)20(12)11-17(21)18-14(3)19-16-10-5-4-9-15(16)18/h4-5,9-10,12-13,19H,6-8,11H2,1-3H3/t12-,13-/m1/s1. The van der Waals surface area contributed by atoms with Crippen LogP contribution in [0.1, 0.15) is 49.2 Å². The molecular formula is C18H24N2O. The Labute approximate surface area is 126 Å². The monoisotopic (exact) mass is 284 g/mol. The number of para-hydroxylation sites is 1. The molecule has 1 aromatic heterocycles. The van der Waals surface area contributed by atoms with Gasteiger partial charge in [-0.1, -0.05) is 24.6 Å². The molecule has 2 heterocycles. The molecule has 0 spiro atoms. The Bertz CT molecular complexity index is 648. The lowest BCUT2D eigenvalue weighted by molar-refractivity contribution is 0.0735. The Balaban J connectivity index is 1.88. The van der Waals surface area contributed by atoms with Crippen molar-refractivity contribution >= 4 is 16.7 Å². The number of nitrogens with zero attached hydrogens (tertiary/aromatic N) is 1. The van der Waals surface area contributed by atoms with Gasteiger partial charge in [0.15, 0.2) is 5.78 Å². The molecule has 0 saturated carbocycles. The van der Waals surface area contributed by atoms with Gasteiger partial charge in [0.2, 0.25) is 0 Å². The van der Waals surface area contributed by atoms with E-state index in [1.807, 2.05) is 31.2 Å². The second-order valence-electron chi connectivity index (χ2n) is 6.40. The molecule has 112 valence electrons. The van der Waals surface area contributed by atoms with E-state index in [0.717, 1.165) is 22.2 Å². The highest BCUT2D eigenvalue weighted by molar-refractivity contribution is 6.10. The molecule has 1 aromatic carbocycles. The van der Waals surface area contributed by atoms with Crippen molar-refractivity contribution in [3.63, 3.8) is 0 Å². The molecular weight excluding hydrogens is 260 g/mol. The highest BCUT2D eigenvalue weighted by Gasteiger charge is 2.28. The van der Waals surface area contributed by atoms with Crippen LogP contribution in [0.15, 0.2) is 24.3 Å². The van der Waals surface area contributed by atoms with E-state index in [4.69, 9.17) is 0 Å². The summed E-state index contributed by atoms with van der Waals surface area (Å²) in [5.41, 5.74) is 2.91. The molecule has 2 atom stereocenters. The summed E-state index contributed by atoms with van der Waals surface area (Å²) in [7, 11) is 0. The van der Waals surface area contributed by atoms with E-state index < -0.39 is 0 Å². The summed E-state index contributed by atoms with van der Waals surface area (Å²) in [4.78, 5) is 18.5. The van der Waals surface area contributed by atoms with Crippen LogP contribution in [0.4, 0.5) is 0 Å². The number of carbonyl (C=O) groups excluding carboxylic acids is 1. The topological polar surface area (TPSA) is 36.1 Å². The summed E-state index contributed by atoms with van der Waals surface area (Å²) in [6.45, 7) is 7.01. The van der Waals surface area contributed by atoms with Crippen molar-refractivity contribution < 1.29 is 4.79 Å². The zero-order chi connectivity index (χ0) is 15.0. The first-order valence-corrected chi connectivity index (χ1v) is 7.94. The number of carbonyl (C=O) groups is 1. The molecule has 3 nitrogen and oxygen atoms in total. The SMILES string of the molecule is Cc1[nH]c2ccccc2c1C(=O)CN1[C@H](C)CCC[C@H]1C. The van der Waals surface area contributed by atoms with Crippen LogP contribution in [0.25, 0.3) is 10.9 Å². The van der Waals surface area contributed by atoms with Gasteiger partial charge in [0.05, 0.1) is 6.54 Å². The van der Waals surface area contributed by atoms with E-state index in [1.165, 1.54) is 19.3 Å². The van der Waals surface area contributed by atoms with Crippen LogP contribution >= 0.6 is 0 Å². The third kappa shape index (κ3) is 2.62. The number of hydrogen-bond acceptors (Lipinski definition) is 2. The number of ketones is 1. The van der Waals surface area contributed by atoms with Gasteiger partial charge < -0.3 is 4.98 Å². The molecule has 0 aliphatic carbocycles. The predicted molar refractivity (Wildman–Crippen MR) is 86.8 cm³/mol. The Kier molecular flexibility index (Phi) is 3.85. The number of H-pyrrole nitrogens is 1. The Hall–Kier alpha value is -1.61. The predicted octanol–water partition coefficient (Wildman–Crippen LogP) is 3.92. The van der Waals surface area contributed by atoms with E-state index in [9.17, 15) is 4.79 Å². The van der Waals surface area contributed by atoms with Gasteiger partial charge in [-0.2, -0.15) is 0 Å². The van der Waals surface area contributed by atoms with Crippen LogP contribution in [-0.2, 0) is 0 Å². The lowest BCUT2D eigenvalue weighted by Crippen LogP contribution is -2.46. The smallest absolute Gasteiger partial charge is 0.179 e. The summed E-state index contributed by atoms with van der Waals surface area (Å²) < 4.78 is 0. The molecule has 1 aliphatic heterocycles. The summed E-state index contributed by atoms with van der Waals surface area (Å²) in [6.07, 6.45) is 3.67. The molecule has 0 amide bonds. The number of aryl methyl sites for hydroxylation is 1. The molecule has 1 fully saturated rings. The summed E-state index contributed by atoms with van der Waals surface area (Å²) in [6, 6.07) is 9.08. The van der Waals surface area contributed by atoms with Crippen molar-refractivity contribution in [2.75, 3.05) is 6.54 Å². The number of likely N-dealkylation sites (tertiary alicyclic amines) is 1. The lowest BCUT2D eigenvalue weighted by Gasteiger charge is -2.38.